The lowest BCUT2D eigenvalue weighted by molar-refractivity contribution is -0.180. The summed E-state index contributed by atoms with van der Waals surface area (Å²) in [4.78, 5) is 17.1. The van der Waals surface area contributed by atoms with Gasteiger partial charge in [-0.1, -0.05) is 16.7 Å². The summed E-state index contributed by atoms with van der Waals surface area (Å²) in [5, 5.41) is 4.03. The van der Waals surface area contributed by atoms with Crippen LogP contribution in [-0.2, 0) is 20.1 Å². The van der Waals surface area contributed by atoms with Crippen LogP contribution in [0.1, 0.15) is 18.4 Å². The number of fused-ring (bicyclic) bond motifs is 2. The zero-order chi connectivity index (χ0) is 15.6. The second kappa shape index (κ2) is 6.14. The van der Waals surface area contributed by atoms with Gasteiger partial charge in [-0.15, -0.1) is 0 Å². The Labute approximate surface area is 132 Å². The fourth-order valence-corrected chi connectivity index (χ4v) is 2.99. The first kappa shape index (κ1) is 15.1. The van der Waals surface area contributed by atoms with Gasteiger partial charge in [0.1, 0.15) is 0 Å². The number of carbonyl (C=O) groups is 1. The zero-order valence-electron chi connectivity index (χ0n) is 11.9. The Bertz CT molecular complexity index is 639. The second-order valence-electron chi connectivity index (χ2n) is 5.09. The summed E-state index contributed by atoms with van der Waals surface area (Å²) >= 11 is 6.05. The van der Waals surface area contributed by atoms with Gasteiger partial charge >= 0.3 is 0 Å². The smallest absolute Gasteiger partial charge is 0.292 e. The average Bonchev–Trinajstić information content (AvgIpc) is 3.08. The van der Waals surface area contributed by atoms with E-state index in [-0.39, 0.29) is 5.91 Å². The molecule has 0 unspecified atom stereocenters. The molecule has 0 atom stereocenters. The van der Waals surface area contributed by atoms with E-state index in [9.17, 15) is 4.79 Å². The molecule has 7 nitrogen and oxygen atoms in total. The molecule has 0 aliphatic carbocycles. The Morgan fingerprint density at radius 3 is 2.86 bits per heavy atom. The van der Waals surface area contributed by atoms with Gasteiger partial charge < -0.3 is 14.4 Å². The van der Waals surface area contributed by atoms with E-state index in [2.05, 4.69) is 10.0 Å². The van der Waals surface area contributed by atoms with E-state index in [4.69, 9.17) is 26.6 Å². The molecule has 2 heterocycles. The van der Waals surface area contributed by atoms with Crippen LogP contribution in [0.4, 0.5) is 5.69 Å². The number of carbonyl (C=O) groups excluding carboxylic acids is 1. The number of rotatable bonds is 5. The van der Waals surface area contributed by atoms with Crippen molar-refractivity contribution in [1.82, 2.24) is 0 Å². The van der Waals surface area contributed by atoms with E-state index in [1.54, 1.807) is 17.0 Å². The zero-order valence-corrected chi connectivity index (χ0v) is 12.6. The Hall–Kier alpha value is -1.79. The van der Waals surface area contributed by atoms with Crippen molar-refractivity contribution in [2.24, 2.45) is 5.11 Å². The molecule has 0 aromatic heterocycles. The van der Waals surface area contributed by atoms with Crippen molar-refractivity contribution in [1.29, 1.82) is 0 Å². The second-order valence-corrected chi connectivity index (χ2v) is 5.53. The number of hydrogen-bond acceptors (Lipinski definition) is 4. The fourth-order valence-electron chi connectivity index (χ4n) is 2.82. The van der Waals surface area contributed by atoms with E-state index in [0.29, 0.717) is 43.3 Å². The largest absolute Gasteiger partial charge is 0.336 e. The van der Waals surface area contributed by atoms with Gasteiger partial charge in [0.05, 0.1) is 18.9 Å². The van der Waals surface area contributed by atoms with Crippen LogP contribution in [0.3, 0.4) is 0 Å². The van der Waals surface area contributed by atoms with Gasteiger partial charge in [0.25, 0.3) is 11.7 Å². The molecule has 0 saturated carbocycles. The monoisotopic (exact) mass is 322 g/mol. The van der Waals surface area contributed by atoms with Crippen molar-refractivity contribution in [3.8, 4) is 0 Å². The number of ether oxygens (including phenoxy) is 2. The van der Waals surface area contributed by atoms with Crippen LogP contribution < -0.4 is 4.90 Å². The van der Waals surface area contributed by atoms with Crippen molar-refractivity contribution in [2.75, 3.05) is 31.2 Å². The molecule has 1 aromatic carbocycles. The number of anilines is 1. The highest BCUT2D eigenvalue weighted by molar-refractivity contribution is 6.31. The molecular weight excluding hydrogens is 308 g/mol. The van der Waals surface area contributed by atoms with Crippen molar-refractivity contribution in [3.63, 3.8) is 0 Å². The summed E-state index contributed by atoms with van der Waals surface area (Å²) in [7, 11) is 0. The first-order valence-electron chi connectivity index (χ1n) is 7.10. The minimum atomic E-state index is -1.34. The fraction of sp³-hybridized carbons (Fsp3) is 0.500. The number of unbranched alkanes of at least 4 members (excludes halogenated alkanes) is 1. The van der Waals surface area contributed by atoms with Crippen LogP contribution in [0.5, 0.6) is 0 Å². The number of benzene rings is 1. The van der Waals surface area contributed by atoms with Gasteiger partial charge in [0.2, 0.25) is 0 Å². The molecular formula is C14H15ClN4O3. The molecule has 116 valence electrons. The average molecular weight is 323 g/mol. The van der Waals surface area contributed by atoms with E-state index in [1.165, 1.54) is 0 Å². The number of halogens is 1. The summed E-state index contributed by atoms with van der Waals surface area (Å²) in [6.07, 6.45) is 1.44. The lowest BCUT2D eigenvalue weighted by atomic mass is 10.1. The van der Waals surface area contributed by atoms with E-state index >= 15 is 0 Å². The van der Waals surface area contributed by atoms with Gasteiger partial charge in [-0.05, 0) is 36.6 Å². The molecule has 1 saturated heterocycles. The van der Waals surface area contributed by atoms with Gasteiger partial charge in [-0.25, -0.2) is 0 Å². The Morgan fingerprint density at radius 2 is 2.14 bits per heavy atom. The first-order valence-corrected chi connectivity index (χ1v) is 7.47. The first-order chi connectivity index (χ1) is 10.7. The standard InChI is InChI=1S/C14H15ClN4O3/c15-10-3-4-12-11(9-10)14(21-7-8-22-14)13(20)19(12)6-2-1-5-17-18-16/h3-4,9H,1-2,5-8H2. The summed E-state index contributed by atoms with van der Waals surface area (Å²) in [6, 6.07) is 5.28. The van der Waals surface area contributed by atoms with E-state index in [0.717, 1.165) is 12.1 Å². The van der Waals surface area contributed by atoms with Crippen LogP contribution >= 0.6 is 11.6 Å². The van der Waals surface area contributed by atoms with Gasteiger partial charge in [0.15, 0.2) is 0 Å². The molecule has 2 aliphatic rings. The maximum Gasteiger partial charge on any atom is 0.292 e. The third kappa shape index (κ3) is 2.42. The highest BCUT2D eigenvalue weighted by Gasteiger charge is 2.55. The maximum absolute atomic E-state index is 12.8. The highest BCUT2D eigenvalue weighted by atomic mass is 35.5. The highest BCUT2D eigenvalue weighted by Crippen LogP contribution is 2.46. The number of hydrogen-bond donors (Lipinski definition) is 0. The van der Waals surface area contributed by atoms with Crippen LogP contribution in [-0.4, -0.2) is 32.2 Å². The minimum absolute atomic E-state index is 0.217. The molecule has 0 bridgehead atoms. The minimum Gasteiger partial charge on any atom is -0.336 e. The van der Waals surface area contributed by atoms with Gasteiger partial charge in [-0.2, -0.15) is 0 Å². The lowest BCUT2D eigenvalue weighted by Gasteiger charge is -2.22. The summed E-state index contributed by atoms with van der Waals surface area (Å²) in [6.45, 7) is 1.69. The molecule has 1 amide bonds. The normalized spacial score (nSPS) is 18.6. The third-order valence-corrected chi connectivity index (χ3v) is 4.01. The topological polar surface area (TPSA) is 87.5 Å². The quantitative estimate of drug-likeness (QED) is 0.361. The molecule has 8 heteroatoms. The Balaban J connectivity index is 1.83. The predicted molar refractivity (Wildman–Crippen MR) is 80.6 cm³/mol. The number of azide groups is 1. The summed E-state index contributed by atoms with van der Waals surface area (Å²) < 4.78 is 11.3. The van der Waals surface area contributed by atoms with Crippen LogP contribution in [0.25, 0.3) is 10.4 Å². The number of nitrogens with zero attached hydrogens (tertiary/aromatic N) is 4. The van der Waals surface area contributed by atoms with Crippen LogP contribution in [0, 0.1) is 0 Å². The molecule has 0 N–H and O–H groups in total. The molecule has 1 fully saturated rings. The third-order valence-electron chi connectivity index (χ3n) is 3.78. The maximum atomic E-state index is 12.8. The SMILES string of the molecule is [N-]=[N+]=NCCCCN1C(=O)C2(OCCO2)c2cc(Cl)ccc21. The van der Waals surface area contributed by atoms with Crippen molar-refractivity contribution in [2.45, 2.75) is 18.6 Å². The lowest BCUT2D eigenvalue weighted by Crippen LogP contribution is -2.41. The van der Waals surface area contributed by atoms with Gasteiger partial charge in [-0.3, -0.25) is 4.79 Å². The Morgan fingerprint density at radius 1 is 1.36 bits per heavy atom. The number of amides is 1. The molecule has 0 radical (unpaired) electrons. The molecule has 1 spiro atoms. The van der Waals surface area contributed by atoms with Crippen LogP contribution in [0.15, 0.2) is 23.3 Å². The van der Waals surface area contributed by atoms with Gasteiger partial charge in [0, 0.05) is 28.6 Å². The van der Waals surface area contributed by atoms with E-state index in [1.807, 2.05) is 6.07 Å². The molecule has 3 rings (SSSR count). The summed E-state index contributed by atoms with van der Waals surface area (Å²) in [5.41, 5.74) is 9.69. The predicted octanol–water partition coefficient (Wildman–Crippen LogP) is 2.98. The molecule has 2 aliphatic heterocycles. The van der Waals surface area contributed by atoms with Crippen molar-refractivity contribution in [3.05, 3.63) is 39.2 Å². The van der Waals surface area contributed by atoms with Crippen molar-refractivity contribution < 1.29 is 14.3 Å². The van der Waals surface area contributed by atoms with Crippen molar-refractivity contribution >= 4 is 23.2 Å². The molecule has 22 heavy (non-hydrogen) atoms. The van der Waals surface area contributed by atoms with E-state index < -0.39 is 5.79 Å². The Kier molecular flexibility index (Phi) is 4.22. The summed E-state index contributed by atoms with van der Waals surface area (Å²) in [5.74, 6) is -1.56. The molecule has 1 aromatic rings. The van der Waals surface area contributed by atoms with Crippen LogP contribution in [0.2, 0.25) is 5.02 Å².